The number of halogens is 1. The molecule has 1 saturated heterocycles. The van der Waals surface area contributed by atoms with Crippen molar-refractivity contribution in [2.45, 2.75) is 20.4 Å². The minimum absolute atomic E-state index is 0.0657. The molecule has 1 heterocycles. The number of benzene rings is 2. The largest absolute Gasteiger partial charge is 0.343 e. The lowest BCUT2D eigenvalue weighted by molar-refractivity contribution is -0.122. The van der Waals surface area contributed by atoms with Crippen LogP contribution in [0.5, 0.6) is 0 Å². The summed E-state index contributed by atoms with van der Waals surface area (Å²) in [6.45, 7) is 5.34. The molecule has 3 nitrogen and oxygen atoms in total. The van der Waals surface area contributed by atoms with Crippen LogP contribution < -0.4 is 4.90 Å². The van der Waals surface area contributed by atoms with E-state index in [1.165, 1.54) is 5.56 Å². The molecule has 0 bridgehead atoms. The van der Waals surface area contributed by atoms with Crippen LogP contribution in [0.15, 0.2) is 53.0 Å². The zero-order valence-electron chi connectivity index (χ0n) is 13.7. The van der Waals surface area contributed by atoms with Gasteiger partial charge in [-0.3, -0.25) is 9.69 Å². The highest BCUT2D eigenvalue weighted by atomic mass is 79.9. The molecule has 0 N–H and O–H groups in total. The smallest absolute Gasteiger partial charge is 0.237 e. The van der Waals surface area contributed by atoms with Crippen molar-refractivity contribution >= 4 is 44.9 Å². The first-order valence-corrected chi connectivity index (χ1v) is 9.10. The van der Waals surface area contributed by atoms with E-state index in [2.05, 4.69) is 33.0 Å². The average Bonchev–Trinajstić information content (AvgIpc) is 2.56. The number of nitrogens with zero attached hydrogens (tertiary/aromatic N) is 2. The molecular weight excluding hydrogens is 384 g/mol. The summed E-state index contributed by atoms with van der Waals surface area (Å²) in [6, 6.07) is 16.1. The third kappa shape index (κ3) is 3.52. The van der Waals surface area contributed by atoms with E-state index >= 15 is 0 Å². The fourth-order valence-corrected chi connectivity index (χ4v) is 3.42. The first-order chi connectivity index (χ1) is 11.5. The Kier molecular flexibility index (Phi) is 5.01. The summed E-state index contributed by atoms with van der Waals surface area (Å²) in [4.78, 5) is 16.4. The maximum Gasteiger partial charge on any atom is 0.237 e. The fraction of sp³-hybridized carbons (Fsp3) is 0.263. The number of amides is 1. The van der Waals surface area contributed by atoms with Crippen LogP contribution in [0.25, 0.3) is 0 Å². The first kappa shape index (κ1) is 17.1. The Morgan fingerprint density at radius 1 is 1.12 bits per heavy atom. The number of carbonyl (C=O) groups excluding carboxylic acids is 1. The van der Waals surface area contributed by atoms with Gasteiger partial charge < -0.3 is 4.90 Å². The van der Waals surface area contributed by atoms with Gasteiger partial charge in [-0.15, -0.1) is 0 Å². The Labute approximate surface area is 156 Å². The van der Waals surface area contributed by atoms with Crippen molar-refractivity contribution in [3.8, 4) is 0 Å². The quantitative estimate of drug-likeness (QED) is 0.704. The van der Waals surface area contributed by atoms with E-state index in [0.717, 1.165) is 15.7 Å². The molecule has 2 aromatic rings. The molecule has 1 unspecified atom stereocenters. The van der Waals surface area contributed by atoms with Crippen LogP contribution in [-0.2, 0) is 11.3 Å². The monoisotopic (exact) mass is 402 g/mol. The summed E-state index contributed by atoms with van der Waals surface area (Å²) in [6.07, 6.45) is 0. The predicted octanol–water partition coefficient (Wildman–Crippen LogP) is 4.53. The molecule has 0 radical (unpaired) electrons. The average molecular weight is 403 g/mol. The zero-order valence-corrected chi connectivity index (χ0v) is 16.1. The molecule has 0 aromatic heterocycles. The van der Waals surface area contributed by atoms with Gasteiger partial charge in [0.05, 0.1) is 11.6 Å². The van der Waals surface area contributed by atoms with E-state index in [0.29, 0.717) is 18.2 Å². The lowest BCUT2D eigenvalue weighted by Gasteiger charge is -2.40. The molecule has 3 rings (SSSR count). The highest BCUT2D eigenvalue weighted by Crippen LogP contribution is 2.25. The van der Waals surface area contributed by atoms with Crippen molar-refractivity contribution in [2.75, 3.05) is 11.4 Å². The Morgan fingerprint density at radius 2 is 1.75 bits per heavy atom. The van der Waals surface area contributed by atoms with E-state index in [1.807, 2.05) is 50.2 Å². The second-order valence-corrected chi connectivity index (χ2v) is 7.48. The summed E-state index contributed by atoms with van der Waals surface area (Å²) >= 11 is 9.09. The van der Waals surface area contributed by atoms with Crippen LogP contribution in [0.1, 0.15) is 18.1 Å². The molecule has 0 aliphatic carbocycles. The Hall–Kier alpha value is -1.72. The number of carbonyl (C=O) groups is 1. The molecule has 1 amide bonds. The molecule has 5 heteroatoms. The number of aryl methyl sites for hydroxylation is 1. The Morgan fingerprint density at radius 3 is 2.38 bits per heavy atom. The van der Waals surface area contributed by atoms with E-state index < -0.39 is 0 Å². The predicted molar refractivity (Wildman–Crippen MR) is 105 cm³/mol. The van der Waals surface area contributed by atoms with Crippen LogP contribution in [-0.4, -0.2) is 22.5 Å². The Bertz CT molecular complexity index is 758. The van der Waals surface area contributed by atoms with Gasteiger partial charge in [-0.2, -0.15) is 0 Å². The van der Waals surface area contributed by atoms with Crippen molar-refractivity contribution in [1.82, 2.24) is 4.90 Å². The first-order valence-electron chi connectivity index (χ1n) is 7.89. The molecule has 1 fully saturated rings. The van der Waals surface area contributed by atoms with Gasteiger partial charge in [0.15, 0.2) is 5.11 Å². The summed E-state index contributed by atoms with van der Waals surface area (Å²) in [5.41, 5.74) is 3.17. The van der Waals surface area contributed by atoms with Gasteiger partial charge in [0, 0.05) is 17.6 Å². The summed E-state index contributed by atoms with van der Waals surface area (Å²) in [5.74, 6) is -0.0237. The second kappa shape index (κ2) is 7.03. The minimum Gasteiger partial charge on any atom is -0.343 e. The van der Waals surface area contributed by atoms with Crippen molar-refractivity contribution < 1.29 is 4.79 Å². The molecule has 0 spiro atoms. The molecule has 1 aliphatic rings. The SMILES string of the molecule is Cc1ccc(N2C(=O)C(C)CN(Cc3ccc(Br)cc3)C2=S)cc1. The second-order valence-electron chi connectivity index (χ2n) is 6.20. The Balaban J connectivity index is 1.86. The fourth-order valence-electron chi connectivity index (χ4n) is 2.82. The van der Waals surface area contributed by atoms with Gasteiger partial charge in [0.1, 0.15) is 0 Å². The number of hydrogen-bond acceptors (Lipinski definition) is 2. The van der Waals surface area contributed by atoms with E-state index in [9.17, 15) is 4.79 Å². The van der Waals surface area contributed by atoms with Crippen LogP contribution in [0.3, 0.4) is 0 Å². The summed E-state index contributed by atoms with van der Waals surface area (Å²) in [7, 11) is 0. The minimum atomic E-state index is -0.0894. The molecule has 1 aliphatic heterocycles. The normalized spacial score (nSPS) is 18.2. The van der Waals surface area contributed by atoms with E-state index in [4.69, 9.17) is 12.2 Å². The zero-order chi connectivity index (χ0) is 17.3. The van der Waals surface area contributed by atoms with Gasteiger partial charge in [-0.25, -0.2) is 0 Å². The van der Waals surface area contributed by atoms with Crippen molar-refractivity contribution in [2.24, 2.45) is 5.92 Å². The topological polar surface area (TPSA) is 23.6 Å². The van der Waals surface area contributed by atoms with Crippen molar-refractivity contribution in [1.29, 1.82) is 0 Å². The number of anilines is 1. The highest BCUT2D eigenvalue weighted by Gasteiger charge is 2.35. The molecule has 0 saturated carbocycles. The summed E-state index contributed by atoms with van der Waals surface area (Å²) in [5, 5.41) is 0.574. The standard InChI is InChI=1S/C19H19BrN2OS/c1-13-3-9-17(10-4-13)22-18(23)14(2)11-21(19(22)24)12-15-5-7-16(20)8-6-15/h3-10,14H,11-12H2,1-2H3. The van der Waals surface area contributed by atoms with E-state index in [1.54, 1.807) is 4.90 Å². The van der Waals surface area contributed by atoms with Gasteiger partial charge in [0.25, 0.3) is 0 Å². The van der Waals surface area contributed by atoms with Crippen molar-refractivity contribution in [3.05, 3.63) is 64.1 Å². The third-order valence-corrected chi connectivity index (χ3v) is 5.15. The van der Waals surface area contributed by atoms with E-state index in [-0.39, 0.29) is 11.8 Å². The van der Waals surface area contributed by atoms with Crippen molar-refractivity contribution in [3.63, 3.8) is 0 Å². The molecule has 24 heavy (non-hydrogen) atoms. The number of rotatable bonds is 3. The molecular formula is C19H19BrN2OS. The third-order valence-electron chi connectivity index (χ3n) is 4.18. The number of thiocarbonyl (C=S) groups is 1. The lowest BCUT2D eigenvalue weighted by Crippen LogP contribution is -2.55. The van der Waals surface area contributed by atoms with Crippen LogP contribution >= 0.6 is 28.1 Å². The van der Waals surface area contributed by atoms with Gasteiger partial charge in [-0.1, -0.05) is 52.7 Å². The van der Waals surface area contributed by atoms with Crippen LogP contribution in [0.2, 0.25) is 0 Å². The maximum absolute atomic E-state index is 12.7. The highest BCUT2D eigenvalue weighted by molar-refractivity contribution is 9.10. The van der Waals surface area contributed by atoms with Gasteiger partial charge in [0.2, 0.25) is 5.91 Å². The molecule has 1 atom stereocenters. The maximum atomic E-state index is 12.7. The lowest BCUT2D eigenvalue weighted by atomic mass is 10.1. The molecule has 2 aromatic carbocycles. The summed E-state index contributed by atoms with van der Waals surface area (Å²) < 4.78 is 1.05. The number of hydrogen-bond donors (Lipinski definition) is 0. The van der Waals surface area contributed by atoms with Crippen LogP contribution in [0.4, 0.5) is 5.69 Å². The van der Waals surface area contributed by atoms with Gasteiger partial charge >= 0.3 is 0 Å². The van der Waals surface area contributed by atoms with Gasteiger partial charge in [-0.05, 0) is 49.0 Å². The molecule has 124 valence electrons. The van der Waals surface area contributed by atoms with Crippen LogP contribution in [0, 0.1) is 12.8 Å².